The zero-order chi connectivity index (χ0) is 11.8. The number of halogens is 3. The Labute approximate surface area is 110 Å². The second-order valence-electron chi connectivity index (χ2n) is 2.91. The summed E-state index contributed by atoms with van der Waals surface area (Å²) in [6.45, 7) is 0. The summed E-state index contributed by atoms with van der Waals surface area (Å²) in [5.74, 6) is 0.269. The highest BCUT2D eigenvalue weighted by atomic mass is 35.6. The van der Waals surface area contributed by atoms with Gasteiger partial charge in [0.2, 0.25) is 9.68 Å². The molecule has 0 atom stereocenters. The molecule has 84 valence electrons. The van der Waals surface area contributed by atoms with Crippen LogP contribution in [0.2, 0.25) is 0 Å². The quantitative estimate of drug-likeness (QED) is 0.755. The highest BCUT2D eigenvalue weighted by Crippen LogP contribution is 2.38. The second kappa shape index (κ2) is 4.37. The zero-order valence-electron chi connectivity index (χ0n) is 7.62. The van der Waals surface area contributed by atoms with Gasteiger partial charge in [0.1, 0.15) is 0 Å². The molecule has 0 saturated carbocycles. The maximum Gasteiger partial charge on any atom is 0.414 e. The van der Waals surface area contributed by atoms with E-state index in [4.69, 9.17) is 39.2 Å². The van der Waals surface area contributed by atoms with Crippen molar-refractivity contribution >= 4 is 46.3 Å². The molecule has 0 amide bonds. The third kappa shape index (κ3) is 2.58. The van der Waals surface area contributed by atoms with E-state index in [1.54, 1.807) is 24.3 Å². The van der Waals surface area contributed by atoms with E-state index in [1.807, 2.05) is 0 Å². The van der Waals surface area contributed by atoms with E-state index in [-0.39, 0.29) is 5.89 Å². The predicted molar refractivity (Wildman–Crippen MR) is 65.3 cm³/mol. The maximum atomic E-state index is 10.8. The molecule has 1 aromatic carbocycles. The molecule has 7 heteroatoms. The van der Waals surface area contributed by atoms with E-state index in [0.717, 1.165) is 11.5 Å². The fourth-order valence-electron chi connectivity index (χ4n) is 1.11. The van der Waals surface area contributed by atoms with Crippen LogP contribution in [0.4, 0.5) is 0 Å². The Balaban J connectivity index is 2.36. The average Bonchev–Trinajstić information content (AvgIpc) is 2.64. The first-order valence-electron chi connectivity index (χ1n) is 4.11. The van der Waals surface area contributed by atoms with Crippen molar-refractivity contribution in [1.29, 1.82) is 0 Å². The van der Waals surface area contributed by atoms with Gasteiger partial charge in [0.25, 0.3) is 0 Å². The molecular formula is C9H4Cl3NO2S. The molecule has 0 saturated heterocycles. The standard InChI is InChI=1S/C9H4Cl3NO2S/c10-9(11,12)6-3-1-5(2-4-6)7-13-16-8(14)15-7/h1-4H. The van der Waals surface area contributed by atoms with E-state index in [9.17, 15) is 4.79 Å². The first-order valence-corrected chi connectivity index (χ1v) is 6.02. The minimum absolute atomic E-state index is 0.269. The molecule has 0 N–H and O–H groups in total. The monoisotopic (exact) mass is 295 g/mol. The molecule has 3 nitrogen and oxygen atoms in total. The number of rotatable bonds is 1. The summed E-state index contributed by atoms with van der Waals surface area (Å²) in [6.07, 6.45) is 0. The molecule has 0 radical (unpaired) electrons. The Bertz CT molecular complexity index is 541. The lowest BCUT2D eigenvalue weighted by Crippen LogP contribution is -1.99. The minimum atomic E-state index is -1.46. The van der Waals surface area contributed by atoms with Gasteiger partial charge >= 0.3 is 4.94 Å². The molecule has 0 fully saturated rings. The molecule has 0 unspecified atom stereocenters. The van der Waals surface area contributed by atoms with Crippen molar-refractivity contribution in [1.82, 2.24) is 4.37 Å². The number of hydrogen-bond acceptors (Lipinski definition) is 4. The van der Waals surface area contributed by atoms with Crippen molar-refractivity contribution in [2.24, 2.45) is 0 Å². The molecule has 0 aliphatic heterocycles. The van der Waals surface area contributed by atoms with Gasteiger partial charge in [-0.25, -0.2) is 4.79 Å². The molecule has 0 aliphatic carbocycles. The summed E-state index contributed by atoms with van der Waals surface area (Å²) in [6, 6.07) is 6.63. The second-order valence-corrected chi connectivity index (χ2v) is 5.89. The number of hydrogen-bond donors (Lipinski definition) is 0. The zero-order valence-corrected chi connectivity index (χ0v) is 10.7. The van der Waals surface area contributed by atoms with Crippen molar-refractivity contribution in [3.63, 3.8) is 0 Å². The number of benzene rings is 1. The summed E-state index contributed by atoms with van der Waals surface area (Å²) in [7, 11) is 0. The van der Waals surface area contributed by atoms with Crippen LogP contribution >= 0.6 is 46.3 Å². The van der Waals surface area contributed by atoms with Crippen molar-refractivity contribution in [3.8, 4) is 11.5 Å². The SMILES string of the molecule is O=c1oc(-c2ccc(C(Cl)(Cl)Cl)cc2)ns1. The summed E-state index contributed by atoms with van der Waals surface area (Å²) < 4.78 is 7.23. The summed E-state index contributed by atoms with van der Waals surface area (Å²) in [5, 5.41) is 0. The van der Waals surface area contributed by atoms with Gasteiger partial charge in [-0.2, -0.15) is 0 Å². The van der Waals surface area contributed by atoms with E-state index < -0.39 is 8.73 Å². The highest BCUT2D eigenvalue weighted by molar-refractivity contribution is 7.02. The largest absolute Gasteiger partial charge is 0.414 e. The molecule has 0 aliphatic rings. The number of aromatic nitrogens is 1. The lowest BCUT2D eigenvalue weighted by atomic mass is 10.1. The number of alkyl halides is 3. The smallest absolute Gasteiger partial charge is 0.394 e. The Kier molecular flexibility index (Phi) is 3.26. The van der Waals surface area contributed by atoms with E-state index in [2.05, 4.69) is 4.37 Å². The summed E-state index contributed by atoms with van der Waals surface area (Å²) in [4.78, 5) is 10.4. The van der Waals surface area contributed by atoms with Crippen LogP contribution in [0.3, 0.4) is 0 Å². The van der Waals surface area contributed by atoms with Gasteiger partial charge in [-0.05, 0) is 12.1 Å². The molecule has 2 aromatic rings. The van der Waals surface area contributed by atoms with Crippen LogP contribution < -0.4 is 4.94 Å². The van der Waals surface area contributed by atoms with Gasteiger partial charge in [-0.1, -0.05) is 46.9 Å². The Morgan fingerprint density at radius 2 is 1.81 bits per heavy atom. The first kappa shape index (κ1) is 11.9. The van der Waals surface area contributed by atoms with E-state index >= 15 is 0 Å². The number of nitrogens with zero attached hydrogens (tertiary/aromatic N) is 1. The van der Waals surface area contributed by atoms with E-state index in [0.29, 0.717) is 11.1 Å². The molecule has 1 heterocycles. The molecule has 2 rings (SSSR count). The van der Waals surface area contributed by atoms with Crippen molar-refractivity contribution < 1.29 is 4.42 Å². The van der Waals surface area contributed by atoms with Gasteiger partial charge in [0, 0.05) is 11.1 Å². The third-order valence-corrected chi connectivity index (χ3v) is 2.99. The van der Waals surface area contributed by atoms with Gasteiger partial charge in [-0.3, -0.25) is 0 Å². The molecule has 16 heavy (non-hydrogen) atoms. The summed E-state index contributed by atoms with van der Waals surface area (Å²) >= 11 is 17.9. The van der Waals surface area contributed by atoms with Crippen LogP contribution in [0.5, 0.6) is 0 Å². The third-order valence-electron chi connectivity index (χ3n) is 1.84. The van der Waals surface area contributed by atoms with Crippen LogP contribution in [-0.2, 0) is 3.79 Å². The van der Waals surface area contributed by atoms with Gasteiger partial charge in [-0.15, -0.1) is 4.37 Å². The lowest BCUT2D eigenvalue weighted by Gasteiger charge is -2.10. The predicted octanol–water partition coefficient (Wildman–Crippen LogP) is 3.59. The molecule has 1 aromatic heterocycles. The van der Waals surface area contributed by atoms with Crippen molar-refractivity contribution in [2.75, 3.05) is 0 Å². The molecule has 0 spiro atoms. The van der Waals surface area contributed by atoms with Crippen LogP contribution in [0, 0.1) is 0 Å². The van der Waals surface area contributed by atoms with Gasteiger partial charge in [0.05, 0.1) is 11.5 Å². The fourth-order valence-corrected chi connectivity index (χ4v) is 1.90. The minimum Gasteiger partial charge on any atom is -0.394 e. The average molecular weight is 297 g/mol. The van der Waals surface area contributed by atoms with Gasteiger partial charge < -0.3 is 4.42 Å². The Morgan fingerprint density at radius 1 is 1.19 bits per heavy atom. The first-order chi connectivity index (χ1) is 7.47. The topological polar surface area (TPSA) is 43.1 Å². The van der Waals surface area contributed by atoms with E-state index in [1.165, 1.54) is 0 Å². The normalized spacial score (nSPS) is 11.7. The van der Waals surface area contributed by atoms with Gasteiger partial charge in [0.15, 0.2) is 0 Å². The Morgan fingerprint density at radius 3 is 2.25 bits per heavy atom. The fraction of sp³-hybridized carbons (Fsp3) is 0.111. The van der Waals surface area contributed by atoms with Crippen molar-refractivity contribution in [2.45, 2.75) is 3.79 Å². The Hall–Kier alpha value is -0.550. The molecule has 0 bridgehead atoms. The van der Waals surface area contributed by atoms with Crippen LogP contribution in [0.15, 0.2) is 33.5 Å². The summed E-state index contributed by atoms with van der Waals surface area (Å²) in [5.41, 5.74) is 1.20. The van der Waals surface area contributed by atoms with Crippen LogP contribution in [-0.4, -0.2) is 4.37 Å². The highest BCUT2D eigenvalue weighted by Gasteiger charge is 2.22. The molecular weight excluding hydrogens is 293 g/mol. The van der Waals surface area contributed by atoms with Crippen LogP contribution in [0.25, 0.3) is 11.5 Å². The van der Waals surface area contributed by atoms with Crippen molar-refractivity contribution in [3.05, 3.63) is 39.6 Å². The maximum absolute atomic E-state index is 10.8. The van der Waals surface area contributed by atoms with Crippen LogP contribution in [0.1, 0.15) is 5.56 Å². The lowest BCUT2D eigenvalue weighted by molar-refractivity contribution is 0.543.